The zero-order chi connectivity index (χ0) is 23.0. The lowest BCUT2D eigenvalue weighted by molar-refractivity contribution is -0.116. The highest BCUT2D eigenvalue weighted by atomic mass is 16.5. The summed E-state index contributed by atoms with van der Waals surface area (Å²) < 4.78 is 9.60. The molecule has 1 fully saturated rings. The zero-order valence-corrected chi connectivity index (χ0v) is 19.4. The van der Waals surface area contributed by atoms with Crippen molar-refractivity contribution >= 4 is 28.5 Å². The van der Waals surface area contributed by atoms with Crippen LogP contribution in [-0.4, -0.2) is 51.0 Å². The molecular formula is C24H31N5O3. The van der Waals surface area contributed by atoms with Crippen LogP contribution < -0.4 is 10.1 Å². The van der Waals surface area contributed by atoms with Crippen LogP contribution in [0.2, 0.25) is 0 Å². The molecule has 1 aromatic carbocycles. The fourth-order valence-corrected chi connectivity index (χ4v) is 4.39. The second-order valence-corrected chi connectivity index (χ2v) is 8.88. The first-order valence-electron chi connectivity index (χ1n) is 11.1. The Kier molecular flexibility index (Phi) is 5.95. The first-order chi connectivity index (χ1) is 15.3. The molecule has 8 heteroatoms. The number of hydrogen-bond acceptors (Lipinski definition) is 4. The molecule has 1 saturated heterocycles. The molecular weight excluding hydrogens is 406 g/mol. The Hall–Kier alpha value is -3.29. The van der Waals surface area contributed by atoms with E-state index in [1.807, 2.05) is 66.4 Å². The van der Waals surface area contributed by atoms with Crippen molar-refractivity contribution in [2.45, 2.75) is 33.1 Å². The lowest BCUT2D eigenvalue weighted by atomic mass is 10.1. The third kappa shape index (κ3) is 3.97. The van der Waals surface area contributed by atoms with Gasteiger partial charge in [0.1, 0.15) is 11.3 Å². The Morgan fingerprint density at radius 2 is 1.91 bits per heavy atom. The Labute approximate surface area is 188 Å². The molecule has 0 radical (unpaired) electrons. The number of nitrogens with one attached hydrogen (secondary N) is 1. The predicted octanol–water partition coefficient (Wildman–Crippen LogP) is 3.81. The number of anilines is 1. The van der Waals surface area contributed by atoms with Gasteiger partial charge in [-0.15, -0.1) is 0 Å². The van der Waals surface area contributed by atoms with E-state index in [2.05, 4.69) is 5.32 Å². The molecule has 0 unspecified atom stereocenters. The van der Waals surface area contributed by atoms with Crippen molar-refractivity contribution in [1.82, 2.24) is 19.0 Å². The van der Waals surface area contributed by atoms with Crippen LogP contribution in [0.25, 0.3) is 22.6 Å². The Morgan fingerprint density at radius 1 is 1.19 bits per heavy atom. The van der Waals surface area contributed by atoms with E-state index in [0.29, 0.717) is 29.5 Å². The van der Waals surface area contributed by atoms with E-state index in [-0.39, 0.29) is 11.8 Å². The maximum absolute atomic E-state index is 13.1. The van der Waals surface area contributed by atoms with Crippen LogP contribution in [0.4, 0.5) is 5.69 Å². The van der Waals surface area contributed by atoms with Crippen molar-refractivity contribution in [3.63, 3.8) is 0 Å². The van der Waals surface area contributed by atoms with Gasteiger partial charge in [0, 0.05) is 45.5 Å². The topological polar surface area (TPSA) is 81.4 Å². The highest BCUT2D eigenvalue weighted by Gasteiger charge is 2.29. The number of benzene rings is 1. The SMILES string of the molecule is COc1c(C(=O)N2CCCC2)cn(C)c1-c1nc2cc(NC(=O)CC(C)C)ccc2n1C. The highest BCUT2D eigenvalue weighted by Crippen LogP contribution is 2.36. The summed E-state index contributed by atoms with van der Waals surface area (Å²) in [6, 6.07) is 5.71. The summed E-state index contributed by atoms with van der Waals surface area (Å²) in [6.45, 7) is 5.60. The third-order valence-electron chi connectivity index (χ3n) is 5.93. The van der Waals surface area contributed by atoms with Crippen LogP contribution in [0.5, 0.6) is 5.75 Å². The van der Waals surface area contributed by atoms with Crippen molar-refractivity contribution in [2.24, 2.45) is 20.0 Å². The van der Waals surface area contributed by atoms with Gasteiger partial charge in [0.05, 0.1) is 18.1 Å². The molecule has 3 aromatic rings. The summed E-state index contributed by atoms with van der Waals surface area (Å²) in [4.78, 5) is 31.9. The van der Waals surface area contributed by atoms with Crippen molar-refractivity contribution in [2.75, 3.05) is 25.5 Å². The number of imidazole rings is 1. The van der Waals surface area contributed by atoms with E-state index in [0.717, 1.165) is 48.3 Å². The molecule has 2 amide bonds. The van der Waals surface area contributed by atoms with Crippen LogP contribution in [0, 0.1) is 5.92 Å². The first-order valence-corrected chi connectivity index (χ1v) is 11.1. The number of ether oxygens (including phenoxy) is 1. The molecule has 0 aliphatic carbocycles. The number of carbonyl (C=O) groups excluding carboxylic acids is 2. The number of rotatable bonds is 6. The van der Waals surface area contributed by atoms with Crippen LogP contribution in [0.3, 0.4) is 0 Å². The molecule has 0 bridgehead atoms. The molecule has 0 spiro atoms. The average Bonchev–Trinajstić information content (AvgIpc) is 3.45. The lowest BCUT2D eigenvalue weighted by Gasteiger charge is -2.15. The summed E-state index contributed by atoms with van der Waals surface area (Å²) >= 11 is 0. The van der Waals surface area contributed by atoms with Gasteiger partial charge in [-0.25, -0.2) is 4.98 Å². The zero-order valence-electron chi connectivity index (χ0n) is 19.4. The van der Waals surface area contributed by atoms with Gasteiger partial charge < -0.3 is 24.1 Å². The fourth-order valence-electron chi connectivity index (χ4n) is 4.39. The van der Waals surface area contributed by atoms with E-state index in [9.17, 15) is 9.59 Å². The minimum absolute atomic E-state index is 0.00452. The molecule has 4 rings (SSSR count). The summed E-state index contributed by atoms with van der Waals surface area (Å²) in [5, 5.41) is 2.95. The minimum Gasteiger partial charge on any atom is -0.494 e. The van der Waals surface area contributed by atoms with Gasteiger partial charge in [0.25, 0.3) is 5.91 Å². The molecule has 2 aromatic heterocycles. The molecule has 1 aliphatic heterocycles. The molecule has 0 atom stereocenters. The molecule has 8 nitrogen and oxygen atoms in total. The quantitative estimate of drug-likeness (QED) is 0.636. The number of amides is 2. The fraction of sp³-hybridized carbons (Fsp3) is 0.458. The van der Waals surface area contributed by atoms with Crippen LogP contribution in [0.15, 0.2) is 24.4 Å². The number of carbonyl (C=O) groups is 2. The van der Waals surface area contributed by atoms with Gasteiger partial charge in [0.2, 0.25) is 5.91 Å². The largest absolute Gasteiger partial charge is 0.494 e. The molecule has 1 N–H and O–H groups in total. The minimum atomic E-state index is -0.00956. The summed E-state index contributed by atoms with van der Waals surface area (Å²) in [5.74, 6) is 1.51. The summed E-state index contributed by atoms with van der Waals surface area (Å²) in [7, 11) is 5.43. The Balaban J connectivity index is 1.72. The van der Waals surface area contributed by atoms with Gasteiger partial charge in [0.15, 0.2) is 11.6 Å². The number of hydrogen-bond donors (Lipinski definition) is 1. The smallest absolute Gasteiger partial charge is 0.259 e. The predicted molar refractivity (Wildman–Crippen MR) is 125 cm³/mol. The second kappa shape index (κ2) is 8.68. The average molecular weight is 438 g/mol. The number of likely N-dealkylation sites (tertiary alicyclic amines) is 1. The number of methoxy groups -OCH3 is 1. The molecule has 170 valence electrons. The number of nitrogens with zero attached hydrogens (tertiary/aromatic N) is 4. The monoisotopic (exact) mass is 437 g/mol. The summed E-state index contributed by atoms with van der Waals surface area (Å²) in [5.41, 5.74) is 3.72. The summed E-state index contributed by atoms with van der Waals surface area (Å²) in [6.07, 6.45) is 4.37. The van der Waals surface area contributed by atoms with Gasteiger partial charge >= 0.3 is 0 Å². The van der Waals surface area contributed by atoms with E-state index in [1.165, 1.54) is 0 Å². The molecule has 3 heterocycles. The van der Waals surface area contributed by atoms with Gasteiger partial charge in [-0.3, -0.25) is 9.59 Å². The van der Waals surface area contributed by atoms with E-state index < -0.39 is 0 Å². The van der Waals surface area contributed by atoms with Gasteiger partial charge in [-0.1, -0.05) is 13.8 Å². The maximum atomic E-state index is 13.1. The molecule has 1 aliphatic rings. The normalized spacial score (nSPS) is 13.9. The lowest BCUT2D eigenvalue weighted by Crippen LogP contribution is -2.27. The van der Waals surface area contributed by atoms with E-state index >= 15 is 0 Å². The molecule has 0 saturated carbocycles. The van der Waals surface area contributed by atoms with E-state index in [4.69, 9.17) is 9.72 Å². The third-order valence-corrected chi connectivity index (χ3v) is 5.93. The van der Waals surface area contributed by atoms with Crippen molar-refractivity contribution in [3.05, 3.63) is 30.0 Å². The second-order valence-electron chi connectivity index (χ2n) is 8.88. The van der Waals surface area contributed by atoms with Crippen LogP contribution >= 0.6 is 0 Å². The highest BCUT2D eigenvalue weighted by molar-refractivity contribution is 6.00. The maximum Gasteiger partial charge on any atom is 0.259 e. The number of aromatic nitrogens is 3. The van der Waals surface area contributed by atoms with Crippen molar-refractivity contribution in [3.8, 4) is 17.3 Å². The van der Waals surface area contributed by atoms with Crippen molar-refractivity contribution in [1.29, 1.82) is 0 Å². The Morgan fingerprint density at radius 3 is 2.56 bits per heavy atom. The van der Waals surface area contributed by atoms with Gasteiger partial charge in [-0.05, 0) is 37.0 Å². The molecule has 32 heavy (non-hydrogen) atoms. The van der Waals surface area contributed by atoms with Crippen LogP contribution in [-0.2, 0) is 18.9 Å². The number of aryl methyl sites for hydroxylation is 2. The first kappa shape index (κ1) is 21.9. The van der Waals surface area contributed by atoms with Gasteiger partial charge in [-0.2, -0.15) is 0 Å². The standard InChI is InChI=1S/C24H31N5O3/c1-15(2)12-20(30)25-16-8-9-19-18(13-16)26-23(28(19)4)21-22(32-5)17(14-27(21)3)24(31)29-10-6-7-11-29/h8-9,13-15H,6-7,10-12H2,1-5H3,(H,25,30). The van der Waals surface area contributed by atoms with Crippen molar-refractivity contribution < 1.29 is 14.3 Å². The van der Waals surface area contributed by atoms with E-state index in [1.54, 1.807) is 7.11 Å². The Bertz CT molecular complexity index is 1170. The number of fused-ring (bicyclic) bond motifs is 1. The van der Waals surface area contributed by atoms with Crippen LogP contribution in [0.1, 0.15) is 43.5 Å².